The summed E-state index contributed by atoms with van der Waals surface area (Å²) in [6.45, 7) is 2.19. The minimum atomic E-state index is 0.271. The monoisotopic (exact) mass is 368 g/mol. The molecular weight excluding hydrogens is 356 g/mol. The molecule has 0 aliphatic heterocycles. The van der Waals surface area contributed by atoms with Crippen LogP contribution in [0.3, 0.4) is 0 Å². The number of hydrogen-bond donors (Lipinski definition) is 0. The van der Waals surface area contributed by atoms with E-state index >= 15 is 0 Å². The predicted octanol–water partition coefficient (Wildman–Crippen LogP) is 4.81. The molecule has 0 heterocycles. The van der Waals surface area contributed by atoms with Crippen molar-refractivity contribution in [3.8, 4) is 11.5 Å². The molecule has 0 fully saturated rings. The van der Waals surface area contributed by atoms with Crippen molar-refractivity contribution in [1.29, 1.82) is 0 Å². The van der Waals surface area contributed by atoms with Crippen LogP contribution in [0, 0.1) is 6.92 Å². The molecule has 0 N–H and O–H groups in total. The summed E-state index contributed by atoms with van der Waals surface area (Å²) in [5.41, 5.74) is 2.30. The third-order valence-corrected chi connectivity index (χ3v) is 3.75. The van der Waals surface area contributed by atoms with E-state index in [2.05, 4.69) is 15.9 Å². The molecule has 0 bridgehead atoms. The molecule has 2 aromatic carbocycles. The van der Waals surface area contributed by atoms with Gasteiger partial charge in [-0.05, 0) is 42.8 Å². The largest absolute Gasteiger partial charge is 0.496 e. The first-order valence-electron chi connectivity index (χ1n) is 6.25. The summed E-state index contributed by atoms with van der Waals surface area (Å²) in [4.78, 5) is 10.9. The van der Waals surface area contributed by atoms with Crippen LogP contribution in [0.4, 0.5) is 0 Å². The third-order valence-electron chi connectivity index (χ3n) is 3.01. The second-order valence-electron chi connectivity index (χ2n) is 4.51. The zero-order valence-corrected chi connectivity index (χ0v) is 14.0. The number of halogens is 2. The quantitative estimate of drug-likeness (QED) is 0.709. The van der Waals surface area contributed by atoms with Crippen LogP contribution >= 0.6 is 27.5 Å². The number of rotatable bonds is 5. The van der Waals surface area contributed by atoms with E-state index in [1.165, 1.54) is 0 Å². The van der Waals surface area contributed by atoms with Gasteiger partial charge >= 0.3 is 0 Å². The van der Waals surface area contributed by atoms with Gasteiger partial charge < -0.3 is 9.47 Å². The number of methoxy groups -OCH3 is 1. The summed E-state index contributed by atoms with van der Waals surface area (Å²) in [7, 11) is 1.58. The van der Waals surface area contributed by atoms with Crippen LogP contribution in [0.2, 0.25) is 5.02 Å². The molecule has 0 aliphatic rings. The third kappa shape index (κ3) is 3.77. The molecule has 0 spiro atoms. The Morgan fingerprint density at radius 3 is 2.67 bits per heavy atom. The maximum absolute atomic E-state index is 10.9. The average Bonchev–Trinajstić information content (AvgIpc) is 2.45. The van der Waals surface area contributed by atoms with Gasteiger partial charge in [-0.25, -0.2) is 0 Å². The van der Waals surface area contributed by atoms with Gasteiger partial charge in [0, 0.05) is 15.6 Å². The molecule has 0 atom stereocenters. The molecule has 0 saturated carbocycles. The number of benzene rings is 2. The molecular formula is C16H14BrClO3. The highest BCUT2D eigenvalue weighted by molar-refractivity contribution is 9.10. The number of aryl methyl sites for hydroxylation is 1. The molecule has 21 heavy (non-hydrogen) atoms. The van der Waals surface area contributed by atoms with E-state index in [0.29, 0.717) is 22.1 Å². The van der Waals surface area contributed by atoms with Crippen molar-refractivity contribution < 1.29 is 14.3 Å². The van der Waals surface area contributed by atoms with E-state index in [9.17, 15) is 4.79 Å². The second-order valence-corrected chi connectivity index (χ2v) is 5.83. The lowest BCUT2D eigenvalue weighted by Gasteiger charge is -2.14. The molecule has 2 aromatic rings. The molecule has 0 amide bonds. The first kappa shape index (κ1) is 15.9. The Morgan fingerprint density at radius 2 is 2.05 bits per heavy atom. The van der Waals surface area contributed by atoms with Crippen molar-refractivity contribution in [2.24, 2.45) is 0 Å². The van der Waals surface area contributed by atoms with Crippen LogP contribution in [-0.2, 0) is 6.61 Å². The number of carbonyl (C=O) groups excluding carboxylic acids is 1. The predicted molar refractivity (Wildman–Crippen MR) is 86.6 cm³/mol. The minimum absolute atomic E-state index is 0.271. The Labute approximate surface area is 137 Å². The zero-order valence-electron chi connectivity index (χ0n) is 11.7. The topological polar surface area (TPSA) is 35.5 Å². The lowest BCUT2D eigenvalue weighted by molar-refractivity contribution is 0.112. The van der Waals surface area contributed by atoms with Gasteiger partial charge in [0.1, 0.15) is 24.4 Å². The lowest BCUT2D eigenvalue weighted by Crippen LogP contribution is -2.01. The summed E-state index contributed by atoms with van der Waals surface area (Å²) < 4.78 is 12.0. The highest BCUT2D eigenvalue weighted by atomic mass is 79.9. The Morgan fingerprint density at radius 1 is 1.29 bits per heavy atom. The van der Waals surface area contributed by atoms with E-state index in [0.717, 1.165) is 21.9 Å². The van der Waals surface area contributed by atoms with Gasteiger partial charge in [-0.15, -0.1) is 0 Å². The maximum Gasteiger partial charge on any atom is 0.150 e. The van der Waals surface area contributed by atoms with Gasteiger partial charge in [-0.2, -0.15) is 0 Å². The van der Waals surface area contributed by atoms with Gasteiger partial charge in [-0.1, -0.05) is 27.5 Å². The average molecular weight is 370 g/mol. The zero-order chi connectivity index (χ0) is 15.4. The van der Waals surface area contributed by atoms with Crippen LogP contribution in [0.25, 0.3) is 0 Å². The van der Waals surface area contributed by atoms with Crippen molar-refractivity contribution in [2.45, 2.75) is 13.5 Å². The van der Waals surface area contributed by atoms with Gasteiger partial charge in [0.25, 0.3) is 0 Å². The molecule has 2 rings (SSSR count). The Kier molecular flexibility index (Phi) is 5.26. The first-order chi connectivity index (χ1) is 10.0. The molecule has 0 aromatic heterocycles. The molecule has 0 radical (unpaired) electrons. The van der Waals surface area contributed by atoms with E-state index in [1.54, 1.807) is 31.4 Å². The molecule has 110 valence electrons. The van der Waals surface area contributed by atoms with Crippen molar-refractivity contribution in [2.75, 3.05) is 7.11 Å². The van der Waals surface area contributed by atoms with E-state index in [-0.39, 0.29) is 6.61 Å². The highest BCUT2D eigenvalue weighted by Gasteiger charge is 2.10. The fourth-order valence-electron chi connectivity index (χ4n) is 2.01. The molecule has 0 saturated heterocycles. The second kappa shape index (κ2) is 6.96. The minimum Gasteiger partial charge on any atom is -0.496 e. The summed E-state index contributed by atoms with van der Waals surface area (Å²) in [6.07, 6.45) is 0.792. The van der Waals surface area contributed by atoms with Crippen LogP contribution in [0.5, 0.6) is 11.5 Å². The van der Waals surface area contributed by atoms with Crippen molar-refractivity contribution in [3.63, 3.8) is 0 Å². The van der Waals surface area contributed by atoms with E-state index < -0.39 is 0 Å². The highest BCUT2D eigenvalue weighted by Crippen LogP contribution is 2.33. The first-order valence-corrected chi connectivity index (χ1v) is 7.42. The van der Waals surface area contributed by atoms with Crippen LogP contribution in [0.1, 0.15) is 21.5 Å². The van der Waals surface area contributed by atoms with Crippen molar-refractivity contribution in [1.82, 2.24) is 0 Å². The van der Waals surface area contributed by atoms with E-state index in [4.69, 9.17) is 21.1 Å². The normalized spacial score (nSPS) is 10.3. The Hall–Kier alpha value is -1.52. The number of hydrogen-bond acceptors (Lipinski definition) is 3. The molecule has 0 aliphatic carbocycles. The standard InChI is InChI=1S/C16H14BrClO3/c1-10-5-13(17)7-14(18)16(10)21-9-12-6-11(8-19)3-4-15(12)20-2/h3-8H,9H2,1-2H3. The van der Waals surface area contributed by atoms with E-state index in [1.807, 2.05) is 13.0 Å². The van der Waals surface area contributed by atoms with Gasteiger partial charge in [0.15, 0.2) is 0 Å². The summed E-state index contributed by atoms with van der Waals surface area (Å²) in [5.74, 6) is 1.30. The van der Waals surface area contributed by atoms with Crippen molar-refractivity contribution in [3.05, 3.63) is 56.5 Å². The maximum atomic E-state index is 10.9. The smallest absolute Gasteiger partial charge is 0.150 e. The van der Waals surface area contributed by atoms with Crippen LogP contribution in [0.15, 0.2) is 34.8 Å². The molecule has 3 nitrogen and oxygen atoms in total. The summed E-state index contributed by atoms with van der Waals surface area (Å²) >= 11 is 9.58. The van der Waals surface area contributed by atoms with Gasteiger partial charge in [0.2, 0.25) is 0 Å². The van der Waals surface area contributed by atoms with Gasteiger partial charge in [0.05, 0.1) is 12.1 Å². The Balaban J connectivity index is 2.26. The molecule has 0 unspecified atom stereocenters. The SMILES string of the molecule is COc1ccc(C=O)cc1COc1c(C)cc(Br)cc1Cl. The summed E-state index contributed by atoms with van der Waals surface area (Å²) in [5, 5.41) is 0.535. The van der Waals surface area contributed by atoms with Crippen LogP contribution < -0.4 is 9.47 Å². The number of aldehydes is 1. The Bertz CT molecular complexity index is 648. The van der Waals surface area contributed by atoms with Crippen LogP contribution in [-0.4, -0.2) is 13.4 Å². The fourth-order valence-corrected chi connectivity index (χ4v) is 3.03. The molecule has 5 heteroatoms. The fraction of sp³-hybridized carbons (Fsp3) is 0.188. The number of carbonyl (C=O) groups is 1. The van der Waals surface area contributed by atoms with Gasteiger partial charge in [-0.3, -0.25) is 4.79 Å². The number of ether oxygens (including phenoxy) is 2. The van der Waals surface area contributed by atoms with Crippen molar-refractivity contribution >= 4 is 33.8 Å². The summed E-state index contributed by atoms with van der Waals surface area (Å²) in [6, 6.07) is 8.91. The lowest BCUT2D eigenvalue weighted by atomic mass is 10.1.